The van der Waals surface area contributed by atoms with Gasteiger partial charge in [-0.05, 0) is 31.1 Å². The molecule has 0 amide bonds. The Hall–Kier alpha value is -0.340. The molecule has 0 aliphatic heterocycles. The molecule has 10 nitrogen and oxygen atoms in total. The second kappa shape index (κ2) is 16.3. The average Bonchev–Trinajstić information content (AvgIpc) is 2.59. The zero-order chi connectivity index (χ0) is 24.0. The van der Waals surface area contributed by atoms with Crippen LogP contribution in [0.4, 0.5) is 0 Å². The summed E-state index contributed by atoms with van der Waals surface area (Å²) in [4.78, 5) is 0. The molecule has 0 aliphatic carbocycles. The lowest BCUT2D eigenvalue weighted by Crippen LogP contribution is -2.27. The van der Waals surface area contributed by atoms with Crippen LogP contribution in [-0.4, -0.2) is 62.1 Å². The fourth-order valence-corrected chi connectivity index (χ4v) is 3.39. The third kappa shape index (κ3) is 22.3. The Morgan fingerprint density at radius 1 is 0.733 bits per heavy atom. The molecule has 0 heterocycles. The van der Waals surface area contributed by atoms with E-state index in [0.29, 0.717) is 24.7 Å². The Balaban J connectivity index is 0. The van der Waals surface area contributed by atoms with Crippen molar-refractivity contribution in [3.8, 4) is 0 Å². The monoisotopic (exact) mass is 480 g/mol. The summed E-state index contributed by atoms with van der Waals surface area (Å²) in [5.41, 5.74) is 0. The van der Waals surface area contributed by atoms with E-state index in [9.17, 15) is 16.8 Å². The van der Waals surface area contributed by atoms with Gasteiger partial charge in [-0.25, -0.2) is 8.37 Å². The highest BCUT2D eigenvalue weighted by Crippen LogP contribution is 2.18. The van der Waals surface area contributed by atoms with Crippen molar-refractivity contribution in [3.05, 3.63) is 0 Å². The van der Waals surface area contributed by atoms with Crippen LogP contribution in [0.2, 0.25) is 0 Å². The van der Waals surface area contributed by atoms with Gasteiger partial charge in [0.15, 0.2) is 0 Å². The molecule has 0 radical (unpaired) electrons. The molecule has 0 aromatic heterocycles. The molecule has 12 heteroatoms. The molecule has 30 heavy (non-hydrogen) atoms. The molecule has 4 N–H and O–H groups in total. The van der Waals surface area contributed by atoms with Gasteiger partial charge in [-0.15, -0.1) is 0 Å². The Morgan fingerprint density at radius 3 is 1.63 bits per heavy atom. The summed E-state index contributed by atoms with van der Waals surface area (Å²) >= 11 is 0. The van der Waals surface area contributed by atoms with Gasteiger partial charge in [-0.1, -0.05) is 47.5 Å². The molecule has 0 saturated heterocycles. The van der Waals surface area contributed by atoms with Crippen molar-refractivity contribution in [1.29, 1.82) is 0 Å². The van der Waals surface area contributed by atoms with Crippen molar-refractivity contribution in [3.63, 3.8) is 0 Å². The summed E-state index contributed by atoms with van der Waals surface area (Å²) in [6.07, 6.45) is 3.26. The number of aliphatic hydroxyl groups is 2. The minimum Gasteiger partial charge on any atom is -0.396 e. The minimum absolute atomic E-state index is 0.131. The molecule has 0 aliphatic rings. The van der Waals surface area contributed by atoms with Crippen LogP contribution in [0.15, 0.2) is 0 Å². The Labute approximate surface area is 181 Å². The molecule has 184 valence electrons. The van der Waals surface area contributed by atoms with Crippen molar-refractivity contribution in [2.45, 2.75) is 72.8 Å². The van der Waals surface area contributed by atoms with E-state index in [1.165, 1.54) is 0 Å². The zero-order valence-electron chi connectivity index (χ0n) is 18.6. The Bertz CT molecular complexity index is 615. The molecule has 0 rings (SSSR count). The highest BCUT2D eigenvalue weighted by Gasteiger charge is 2.23. The van der Waals surface area contributed by atoms with E-state index in [0.717, 1.165) is 19.3 Å². The maximum atomic E-state index is 10.6. The van der Waals surface area contributed by atoms with Crippen molar-refractivity contribution in [2.24, 2.45) is 23.7 Å². The molecule has 3 atom stereocenters. The second-order valence-electron chi connectivity index (χ2n) is 8.28. The first-order chi connectivity index (χ1) is 13.6. The fraction of sp³-hybridized carbons (Fsp3) is 1.00. The first-order valence-electron chi connectivity index (χ1n) is 10.1. The minimum atomic E-state index is -4.44. The van der Waals surface area contributed by atoms with Crippen molar-refractivity contribution < 1.29 is 44.5 Å². The molecule has 0 saturated carbocycles. The molecular formula is C18H40O10S2. The van der Waals surface area contributed by atoms with Crippen molar-refractivity contribution in [2.75, 3.05) is 19.8 Å². The zero-order valence-corrected chi connectivity index (χ0v) is 20.2. The van der Waals surface area contributed by atoms with E-state index in [2.05, 4.69) is 22.2 Å². The second-order valence-corrected chi connectivity index (χ2v) is 10.4. The summed E-state index contributed by atoms with van der Waals surface area (Å²) in [7, 11) is -8.82. The molecule has 0 fully saturated rings. The van der Waals surface area contributed by atoms with Crippen LogP contribution in [0.1, 0.15) is 66.7 Å². The summed E-state index contributed by atoms with van der Waals surface area (Å²) in [6.45, 7) is 9.43. The summed E-state index contributed by atoms with van der Waals surface area (Å²) < 4.78 is 67.3. The van der Waals surface area contributed by atoms with Crippen LogP contribution < -0.4 is 0 Å². The van der Waals surface area contributed by atoms with Gasteiger partial charge >= 0.3 is 20.8 Å². The summed E-state index contributed by atoms with van der Waals surface area (Å²) in [5, 5.41) is 17.8. The third-order valence-electron chi connectivity index (χ3n) is 4.30. The smallest absolute Gasteiger partial charge is 0.396 e. The van der Waals surface area contributed by atoms with Gasteiger partial charge < -0.3 is 10.2 Å². The normalized spacial score (nSPS) is 15.6. The molecule has 3 unspecified atom stereocenters. The highest BCUT2D eigenvalue weighted by atomic mass is 32.3. The highest BCUT2D eigenvalue weighted by molar-refractivity contribution is 7.81. The molecule has 0 bridgehead atoms. The van der Waals surface area contributed by atoms with Gasteiger partial charge in [-0.3, -0.25) is 9.11 Å². The maximum absolute atomic E-state index is 10.6. The average molecular weight is 481 g/mol. The van der Waals surface area contributed by atoms with Crippen LogP contribution in [0.25, 0.3) is 0 Å². The van der Waals surface area contributed by atoms with Crippen LogP contribution in [-0.2, 0) is 29.2 Å². The predicted octanol–water partition coefficient (Wildman–Crippen LogP) is 2.48. The lowest BCUT2D eigenvalue weighted by molar-refractivity contribution is 0.0803. The van der Waals surface area contributed by atoms with Crippen LogP contribution in [0, 0.1) is 23.7 Å². The SMILES string of the molecule is CC(C)CCC(OS(=O)(=O)O)C(C)CO.CC(C)CCCC(CO)COS(=O)(=O)O. The van der Waals surface area contributed by atoms with Crippen molar-refractivity contribution in [1.82, 2.24) is 0 Å². The quantitative estimate of drug-likeness (QED) is 0.255. The standard InChI is InChI=1S/2C9H20O5S/c1-7(2)4-5-9(8(3)6-10)14-15(11,12)13;1-8(2)4-3-5-9(6-10)7-14-15(11,12)13/h7-10H,4-6H2,1-3H3,(H,11,12,13);8-10H,3-7H2,1-2H3,(H,11,12,13). The van der Waals surface area contributed by atoms with Gasteiger partial charge in [0.2, 0.25) is 0 Å². The van der Waals surface area contributed by atoms with Crippen molar-refractivity contribution >= 4 is 20.8 Å². The van der Waals surface area contributed by atoms with Crippen LogP contribution in [0.3, 0.4) is 0 Å². The predicted molar refractivity (Wildman–Crippen MR) is 114 cm³/mol. The van der Waals surface area contributed by atoms with E-state index in [1.807, 2.05) is 13.8 Å². The molecule has 0 spiro atoms. The number of hydrogen-bond donors (Lipinski definition) is 4. The first-order valence-corrected chi connectivity index (χ1v) is 12.8. The number of hydrogen-bond acceptors (Lipinski definition) is 8. The lowest BCUT2D eigenvalue weighted by atomic mass is 9.97. The van der Waals surface area contributed by atoms with E-state index in [4.69, 9.17) is 19.3 Å². The fourth-order valence-electron chi connectivity index (χ4n) is 2.42. The van der Waals surface area contributed by atoms with Crippen LogP contribution in [0.5, 0.6) is 0 Å². The number of rotatable bonds is 15. The lowest BCUT2D eigenvalue weighted by Gasteiger charge is -2.21. The topological polar surface area (TPSA) is 168 Å². The number of aliphatic hydroxyl groups excluding tert-OH is 2. The molecule has 0 aromatic rings. The van der Waals surface area contributed by atoms with E-state index < -0.39 is 26.9 Å². The largest absolute Gasteiger partial charge is 0.397 e. The summed E-state index contributed by atoms with van der Waals surface area (Å²) in [5.74, 6) is 0.464. The first kappa shape index (κ1) is 31.8. The van der Waals surface area contributed by atoms with E-state index in [-0.39, 0.29) is 31.7 Å². The van der Waals surface area contributed by atoms with Gasteiger partial charge in [0.1, 0.15) is 0 Å². The Kier molecular flexibility index (Phi) is 17.3. The Morgan fingerprint density at radius 2 is 1.27 bits per heavy atom. The van der Waals surface area contributed by atoms with Gasteiger partial charge in [-0.2, -0.15) is 16.8 Å². The van der Waals surface area contributed by atoms with E-state index >= 15 is 0 Å². The summed E-state index contributed by atoms with van der Waals surface area (Å²) in [6, 6.07) is 0. The van der Waals surface area contributed by atoms with Gasteiger partial charge in [0, 0.05) is 25.0 Å². The van der Waals surface area contributed by atoms with Gasteiger partial charge in [0.05, 0.1) is 12.7 Å². The van der Waals surface area contributed by atoms with E-state index in [1.54, 1.807) is 6.92 Å². The maximum Gasteiger partial charge on any atom is 0.397 e. The van der Waals surface area contributed by atoms with Gasteiger partial charge in [0.25, 0.3) is 0 Å². The van der Waals surface area contributed by atoms with Crippen LogP contribution >= 0.6 is 0 Å². The third-order valence-corrected chi connectivity index (χ3v) is 5.23. The molecular weight excluding hydrogens is 440 g/mol. The molecule has 0 aromatic carbocycles.